The molecule has 2 fully saturated rings. The van der Waals surface area contributed by atoms with Gasteiger partial charge in [0.05, 0.1) is 11.8 Å². The topological polar surface area (TPSA) is 78.9 Å². The van der Waals surface area contributed by atoms with Crippen molar-refractivity contribution in [1.82, 2.24) is 0 Å². The number of hydrogen-bond acceptors (Lipinski definition) is 6. The van der Waals surface area contributed by atoms with Gasteiger partial charge in [-0.25, -0.2) is 4.79 Å². The van der Waals surface area contributed by atoms with Crippen molar-refractivity contribution in [3.8, 4) is 0 Å². The highest BCUT2D eigenvalue weighted by atomic mass is 16.6. The molecule has 2 bridgehead atoms. The Morgan fingerprint density at radius 3 is 2.28 bits per heavy atom. The van der Waals surface area contributed by atoms with Crippen LogP contribution in [-0.4, -0.2) is 34.7 Å². The standard InChI is InChI=1S/C23H38O6/c1-14(2)12-16(20(3,4)5)18(25)27-21(6,7)19(26)29-22(8)11-10-15-13-23(22,9)28-17(15)24/h14-16H,10-13H2,1-9H3. The highest BCUT2D eigenvalue weighted by molar-refractivity contribution is 5.84. The zero-order valence-corrected chi connectivity index (χ0v) is 19.5. The zero-order chi connectivity index (χ0) is 22.4. The van der Waals surface area contributed by atoms with Crippen LogP contribution in [0.2, 0.25) is 0 Å². The second-order valence-electron chi connectivity index (χ2n) is 11.2. The van der Waals surface area contributed by atoms with Gasteiger partial charge in [-0.3, -0.25) is 9.59 Å². The van der Waals surface area contributed by atoms with Gasteiger partial charge in [-0.15, -0.1) is 0 Å². The number of fused-ring (bicyclic) bond motifs is 2. The number of esters is 3. The van der Waals surface area contributed by atoms with E-state index in [9.17, 15) is 14.4 Å². The van der Waals surface area contributed by atoms with Gasteiger partial charge in [0.15, 0.2) is 0 Å². The normalized spacial score (nSPS) is 30.7. The third-order valence-electron chi connectivity index (χ3n) is 6.59. The highest BCUT2D eigenvalue weighted by Gasteiger charge is 2.61. The van der Waals surface area contributed by atoms with Crippen LogP contribution >= 0.6 is 0 Å². The molecule has 0 aromatic rings. The molecule has 2 aliphatic rings. The van der Waals surface area contributed by atoms with Gasteiger partial charge < -0.3 is 14.2 Å². The first-order valence-electron chi connectivity index (χ1n) is 10.7. The lowest BCUT2D eigenvalue weighted by molar-refractivity contribution is -0.215. The van der Waals surface area contributed by atoms with E-state index < -0.39 is 22.8 Å². The van der Waals surface area contributed by atoms with Gasteiger partial charge >= 0.3 is 17.9 Å². The fraction of sp³-hybridized carbons (Fsp3) is 0.870. The van der Waals surface area contributed by atoms with Crippen LogP contribution < -0.4 is 0 Å². The summed E-state index contributed by atoms with van der Waals surface area (Å²) in [7, 11) is 0. The summed E-state index contributed by atoms with van der Waals surface area (Å²) in [6, 6.07) is 0. The van der Waals surface area contributed by atoms with Crippen LogP contribution in [0.3, 0.4) is 0 Å². The molecule has 1 aliphatic heterocycles. The van der Waals surface area contributed by atoms with Crippen molar-refractivity contribution >= 4 is 17.9 Å². The molecule has 0 N–H and O–H groups in total. The minimum atomic E-state index is -1.43. The van der Waals surface area contributed by atoms with Gasteiger partial charge in [0.1, 0.15) is 11.2 Å². The fourth-order valence-electron chi connectivity index (χ4n) is 4.28. The monoisotopic (exact) mass is 410 g/mol. The molecule has 6 nitrogen and oxygen atoms in total. The molecule has 6 heteroatoms. The SMILES string of the molecule is CC(C)CC(C(=O)OC(C)(C)C(=O)OC1(C)CCC2CC1(C)OC2=O)C(C)(C)C. The van der Waals surface area contributed by atoms with Crippen LogP contribution in [-0.2, 0) is 28.6 Å². The number of ether oxygens (including phenoxy) is 3. The first kappa shape index (κ1) is 23.7. The Morgan fingerprint density at radius 2 is 1.76 bits per heavy atom. The molecule has 0 radical (unpaired) electrons. The van der Waals surface area contributed by atoms with Crippen molar-refractivity contribution in [2.24, 2.45) is 23.2 Å². The second-order valence-corrected chi connectivity index (χ2v) is 11.2. The maximum Gasteiger partial charge on any atom is 0.350 e. The van der Waals surface area contributed by atoms with Gasteiger partial charge in [-0.2, -0.15) is 0 Å². The Bertz CT molecular complexity index is 673. The highest BCUT2D eigenvalue weighted by Crippen LogP contribution is 2.50. The summed E-state index contributed by atoms with van der Waals surface area (Å²) in [5, 5.41) is 0. The summed E-state index contributed by atoms with van der Waals surface area (Å²) in [5.41, 5.74) is -3.51. The van der Waals surface area contributed by atoms with Crippen molar-refractivity contribution < 1.29 is 28.6 Å². The quantitative estimate of drug-likeness (QED) is 0.476. The molecular formula is C23H38O6. The lowest BCUT2D eigenvalue weighted by Gasteiger charge is -2.45. The van der Waals surface area contributed by atoms with Crippen LogP contribution in [0.15, 0.2) is 0 Å². The molecule has 1 saturated heterocycles. The summed E-state index contributed by atoms with van der Waals surface area (Å²) in [6.45, 7) is 16.9. The molecule has 0 spiro atoms. The molecule has 29 heavy (non-hydrogen) atoms. The molecule has 2 rings (SSSR count). The minimum absolute atomic E-state index is 0.124. The molecule has 1 heterocycles. The van der Waals surface area contributed by atoms with E-state index in [-0.39, 0.29) is 29.2 Å². The number of hydrogen-bond donors (Lipinski definition) is 0. The molecule has 166 valence electrons. The van der Waals surface area contributed by atoms with Gasteiger partial charge in [0.2, 0.25) is 5.60 Å². The Hall–Kier alpha value is -1.59. The predicted molar refractivity (Wildman–Crippen MR) is 109 cm³/mol. The van der Waals surface area contributed by atoms with E-state index in [4.69, 9.17) is 14.2 Å². The predicted octanol–water partition coefficient (Wildman–Crippen LogP) is 4.43. The van der Waals surface area contributed by atoms with Crippen LogP contribution in [0.5, 0.6) is 0 Å². The summed E-state index contributed by atoms with van der Waals surface area (Å²) in [5.74, 6) is -1.35. The number of carbonyl (C=O) groups excluding carboxylic acids is 3. The molecule has 4 atom stereocenters. The van der Waals surface area contributed by atoms with Crippen LogP contribution in [0.4, 0.5) is 0 Å². The van der Waals surface area contributed by atoms with Gasteiger partial charge in [0.25, 0.3) is 0 Å². The van der Waals surface area contributed by atoms with Crippen molar-refractivity contribution in [3.05, 3.63) is 0 Å². The molecular weight excluding hydrogens is 372 g/mol. The maximum atomic E-state index is 13.0. The Morgan fingerprint density at radius 1 is 1.17 bits per heavy atom. The minimum Gasteiger partial charge on any atom is -0.455 e. The molecule has 0 aromatic heterocycles. The zero-order valence-electron chi connectivity index (χ0n) is 19.5. The maximum absolute atomic E-state index is 13.0. The average Bonchev–Trinajstić information content (AvgIpc) is 2.80. The van der Waals surface area contributed by atoms with Crippen LogP contribution in [0.1, 0.15) is 88.0 Å². The molecule has 1 aliphatic carbocycles. The Balaban J connectivity index is 2.13. The lowest BCUT2D eigenvalue weighted by atomic mass is 9.71. The average molecular weight is 411 g/mol. The third-order valence-corrected chi connectivity index (χ3v) is 6.59. The summed E-state index contributed by atoms with van der Waals surface area (Å²) < 4.78 is 17.2. The largest absolute Gasteiger partial charge is 0.455 e. The van der Waals surface area contributed by atoms with Crippen LogP contribution in [0, 0.1) is 23.2 Å². The van der Waals surface area contributed by atoms with E-state index in [1.54, 1.807) is 20.8 Å². The summed E-state index contributed by atoms with van der Waals surface area (Å²) in [4.78, 5) is 38.0. The van der Waals surface area contributed by atoms with E-state index in [2.05, 4.69) is 13.8 Å². The van der Waals surface area contributed by atoms with Crippen molar-refractivity contribution in [3.63, 3.8) is 0 Å². The number of rotatable bonds is 6. The van der Waals surface area contributed by atoms with E-state index in [1.165, 1.54) is 0 Å². The van der Waals surface area contributed by atoms with E-state index in [1.807, 2.05) is 27.7 Å². The first-order chi connectivity index (χ1) is 13.0. The van der Waals surface area contributed by atoms with E-state index in [0.29, 0.717) is 31.6 Å². The summed E-state index contributed by atoms with van der Waals surface area (Å²) >= 11 is 0. The van der Waals surface area contributed by atoms with Crippen molar-refractivity contribution in [2.75, 3.05) is 0 Å². The molecule has 4 unspecified atom stereocenters. The Labute approximate surface area is 175 Å². The van der Waals surface area contributed by atoms with Gasteiger partial charge in [-0.05, 0) is 58.3 Å². The molecule has 1 saturated carbocycles. The molecule has 0 aromatic carbocycles. The number of carbonyl (C=O) groups is 3. The second kappa shape index (κ2) is 7.59. The first-order valence-corrected chi connectivity index (χ1v) is 10.7. The lowest BCUT2D eigenvalue weighted by Crippen LogP contribution is -2.57. The van der Waals surface area contributed by atoms with Crippen molar-refractivity contribution in [2.45, 2.75) is 105 Å². The van der Waals surface area contributed by atoms with Gasteiger partial charge in [0, 0.05) is 6.42 Å². The van der Waals surface area contributed by atoms with Crippen LogP contribution in [0.25, 0.3) is 0 Å². The smallest absolute Gasteiger partial charge is 0.350 e. The van der Waals surface area contributed by atoms with E-state index in [0.717, 1.165) is 0 Å². The summed E-state index contributed by atoms with van der Waals surface area (Å²) in [6.07, 6.45) is 2.38. The molecule has 0 amide bonds. The van der Waals surface area contributed by atoms with E-state index >= 15 is 0 Å². The van der Waals surface area contributed by atoms with Gasteiger partial charge in [-0.1, -0.05) is 34.6 Å². The Kier molecular flexibility index (Phi) is 6.20. The fourth-order valence-corrected chi connectivity index (χ4v) is 4.28. The van der Waals surface area contributed by atoms with Crippen molar-refractivity contribution in [1.29, 1.82) is 0 Å². The third kappa shape index (κ3) is 4.77.